The monoisotopic (exact) mass is 293 g/mol. The van der Waals surface area contributed by atoms with Gasteiger partial charge in [-0.1, -0.05) is 13.3 Å². The topological polar surface area (TPSA) is 73.9 Å². The third kappa shape index (κ3) is 4.37. The van der Waals surface area contributed by atoms with Crippen molar-refractivity contribution in [1.82, 2.24) is 5.32 Å². The van der Waals surface area contributed by atoms with Crippen LogP contribution in [0.2, 0.25) is 0 Å². The van der Waals surface area contributed by atoms with Crippen molar-refractivity contribution >= 4 is 11.9 Å². The highest BCUT2D eigenvalue weighted by Gasteiger charge is 2.16. The molecule has 0 aromatic heterocycles. The summed E-state index contributed by atoms with van der Waals surface area (Å²) >= 11 is 0. The number of hydrogen-bond donors (Lipinski definition) is 1. The number of rotatable bonds is 6. The number of carbonyl (C=O) groups excluding carboxylic acids is 2. The minimum Gasteiger partial charge on any atom is -0.486 e. The van der Waals surface area contributed by atoms with Crippen LogP contribution in [-0.4, -0.2) is 38.2 Å². The maximum absolute atomic E-state index is 11.9. The van der Waals surface area contributed by atoms with Gasteiger partial charge in [0.1, 0.15) is 13.2 Å². The number of benzene rings is 1. The highest BCUT2D eigenvalue weighted by Crippen LogP contribution is 2.30. The molecule has 1 aliphatic heterocycles. The number of unbranched alkanes of at least 4 members (excludes halogenated alkanes) is 1. The second-order valence-corrected chi connectivity index (χ2v) is 4.64. The molecule has 1 aromatic carbocycles. The molecule has 1 heterocycles. The van der Waals surface area contributed by atoms with E-state index in [9.17, 15) is 9.59 Å². The molecule has 21 heavy (non-hydrogen) atoms. The van der Waals surface area contributed by atoms with E-state index in [0.29, 0.717) is 36.8 Å². The first-order valence-corrected chi connectivity index (χ1v) is 7.04. The summed E-state index contributed by atoms with van der Waals surface area (Å²) in [6, 6.07) is 4.81. The molecule has 2 rings (SSSR count). The first kappa shape index (κ1) is 15.2. The summed E-state index contributed by atoms with van der Waals surface area (Å²) in [6.45, 7) is 3.29. The summed E-state index contributed by atoms with van der Waals surface area (Å²) in [5, 5.41) is 2.68. The van der Waals surface area contributed by atoms with Gasteiger partial charge in [-0.2, -0.15) is 0 Å². The van der Waals surface area contributed by atoms with Gasteiger partial charge in [-0.05, 0) is 24.6 Å². The zero-order valence-electron chi connectivity index (χ0n) is 12.0. The average molecular weight is 293 g/mol. The van der Waals surface area contributed by atoms with Crippen molar-refractivity contribution < 1.29 is 23.8 Å². The van der Waals surface area contributed by atoms with Crippen molar-refractivity contribution in [2.24, 2.45) is 0 Å². The van der Waals surface area contributed by atoms with Crippen LogP contribution in [0.25, 0.3) is 0 Å². The van der Waals surface area contributed by atoms with E-state index in [1.54, 1.807) is 18.2 Å². The highest BCUT2D eigenvalue weighted by molar-refractivity contribution is 5.92. The molecule has 0 radical (unpaired) electrons. The standard InChI is InChI=1S/C15H19NO5/c1-2-3-6-16-14(17)10-21-15(18)11-4-5-12-13(9-11)20-8-7-19-12/h4-5,9H,2-3,6-8,10H2,1H3,(H,16,17). The van der Waals surface area contributed by atoms with E-state index in [4.69, 9.17) is 14.2 Å². The van der Waals surface area contributed by atoms with E-state index in [2.05, 4.69) is 5.32 Å². The molecule has 6 heteroatoms. The van der Waals surface area contributed by atoms with Crippen molar-refractivity contribution in [3.05, 3.63) is 23.8 Å². The summed E-state index contributed by atoms with van der Waals surface area (Å²) in [6.07, 6.45) is 1.90. The Hall–Kier alpha value is -2.24. The highest BCUT2D eigenvalue weighted by atomic mass is 16.6. The molecule has 0 saturated carbocycles. The van der Waals surface area contributed by atoms with E-state index in [1.807, 2.05) is 6.92 Å². The number of hydrogen-bond acceptors (Lipinski definition) is 5. The summed E-state index contributed by atoms with van der Waals surface area (Å²) in [7, 11) is 0. The second kappa shape index (κ2) is 7.52. The number of esters is 1. The Morgan fingerprint density at radius 2 is 2.00 bits per heavy atom. The fraction of sp³-hybridized carbons (Fsp3) is 0.467. The Morgan fingerprint density at radius 3 is 2.76 bits per heavy atom. The van der Waals surface area contributed by atoms with Crippen LogP contribution in [0.3, 0.4) is 0 Å². The molecule has 0 unspecified atom stereocenters. The first-order chi connectivity index (χ1) is 10.2. The third-order valence-corrected chi connectivity index (χ3v) is 2.96. The van der Waals surface area contributed by atoms with Crippen LogP contribution in [0.5, 0.6) is 11.5 Å². The second-order valence-electron chi connectivity index (χ2n) is 4.64. The van der Waals surface area contributed by atoms with Crippen LogP contribution in [0.1, 0.15) is 30.1 Å². The van der Waals surface area contributed by atoms with Crippen molar-refractivity contribution in [3.63, 3.8) is 0 Å². The Labute approximate surface area is 123 Å². The van der Waals surface area contributed by atoms with Crippen molar-refractivity contribution in [2.45, 2.75) is 19.8 Å². The summed E-state index contributed by atoms with van der Waals surface area (Å²) < 4.78 is 15.7. The lowest BCUT2D eigenvalue weighted by molar-refractivity contribution is -0.124. The third-order valence-electron chi connectivity index (χ3n) is 2.96. The Balaban J connectivity index is 1.84. The first-order valence-electron chi connectivity index (χ1n) is 7.04. The minimum atomic E-state index is -0.558. The number of carbonyl (C=O) groups is 2. The molecule has 1 aromatic rings. The Morgan fingerprint density at radius 1 is 1.24 bits per heavy atom. The molecule has 0 atom stereocenters. The average Bonchev–Trinajstić information content (AvgIpc) is 2.52. The van der Waals surface area contributed by atoms with Gasteiger partial charge in [-0.3, -0.25) is 4.79 Å². The molecular formula is C15H19NO5. The SMILES string of the molecule is CCCCNC(=O)COC(=O)c1ccc2c(c1)OCCO2. The van der Waals surface area contributed by atoms with Gasteiger partial charge in [0.05, 0.1) is 5.56 Å². The van der Waals surface area contributed by atoms with Gasteiger partial charge in [-0.15, -0.1) is 0 Å². The molecule has 0 fully saturated rings. The van der Waals surface area contributed by atoms with Gasteiger partial charge >= 0.3 is 5.97 Å². The minimum absolute atomic E-state index is 0.281. The fourth-order valence-electron chi connectivity index (χ4n) is 1.84. The predicted molar refractivity (Wildman–Crippen MR) is 75.6 cm³/mol. The quantitative estimate of drug-likeness (QED) is 0.636. The Kier molecular flexibility index (Phi) is 5.43. The van der Waals surface area contributed by atoms with E-state index >= 15 is 0 Å². The molecule has 0 saturated heterocycles. The van der Waals surface area contributed by atoms with Crippen LogP contribution in [0, 0.1) is 0 Å². The maximum atomic E-state index is 11.9. The molecule has 0 aliphatic carbocycles. The zero-order chi connectivity index (χ0) is 15.1. The van der Waals surface area contributed by atoms with Crippen molar-refractivity contribution in [3.8, 4) is 11.5 Å². The molecule has 1 amide bonds. The van der Waals surface area contributed by atoms with Crippen LogP contribution in [-0.2, 0) is 9.53 Å². The molecule has 0 spiro atoms. The largest absolute Gasteiger partial charge is 0.486 e. The van der Waals surface area contributed by atoms with Gasteiger partial charge in [0, 0.05) is 6.54 Å². The van der Waals surface area contributed by atoms with Gasteiger partial charge in [0.2, 0.25) is 0 Å². The molecule has 6 nitrogen and oxygen atoms in total. The smallest absolute Gasteiger partial charge is 0.338 e. The number of nitrogens with one attached hydrogen (secondary N) is 1. The van der Waals surface area contributed by atoms with Crippen molar-refractivity contribution in [1.29, 1.82) is 0 Å². The molecule has 1 aliphatic rings. The molecule has 114 valence electrons. The zero-order valence-corrected chi connectivity index (χ0v) is 12.0. The van der Waals surface area contributed by atoms with E-state index in [-0.39, 0.29) is 12.5 Å². The molecule has 0 bridgehead atoms. The number of amides is 1. The summed E-state index contributed by atoms with van der Waals surface area (Å²) in [5.74, 6) is 0.269. The van der Waals surface area contributed by atoms with Crippen LogP contribution >= 0.6 is 0 Å². The van der Waals surface area contributed by atoms with Crippen LogP contribution in [0.15, 0.2) is 18.2 Å². The van der Waals surface area contributed by atoms with Gasteiger partial charge in [0.15, 0.2) is 18.1 Å². The summed E-state index contributed by atoms with van der Waals surface area (Å²) in [5.41, 5.74) is 0.334. The lowest BCUT2D eigenvalue weighted by atomic mass is 10.2. The number of fused-ring (bicyclic) bond motifs is 1. The van der Waals surface area contributed by atoms with Crippen molar-refractivity contribution in [2.75, 3.05) is 26.4 Å². The maximum Gasteiger partial charge on any atom is 0.338 e. The lowest BCUT2D eigenvalue weighted by Crippen LogP contribution is -2.29. The number of ether oxygens (including phenoxy) is 3. The van der Waals surface area contributed by atoms with Gasteiger partial charge in [-0.25, -0.2) is 4.79 Å². The van der Waals surface area contributed by atoms with E-state index < -0.39 is 5.97 Å². The van der Waals surface area contributed by atoms with Gasteiger partial charge in [0.25, 0.3) is 5.91 Å². The fourth-order valence-corrected chi connectivity index (χ4v) is 1.84. The van der Waals surface area contributed by atoms with Gasteiger partial charge < -0.3 is 19.5 Å². The lowest BCUT2D eigenvalue weighted by Gasteiger charge is -2.18. The Bertz CT molecular complexity index is 515. The predicted octanol–water partition coefficient (Wildman–Crippen LogP) is 1.53. The van der Waals surface area contributed by atoms with Crippen LogP contribution in [0.4, 0.5) is 0 Å². The van der Waals surface area contributed by atoms with E-state index in [1.165, 1.54) is 0 Å². The summed E-state index contributed by atoms with van der Waals surface area (Å²) in [4.78, 5) is 23.3. The normalized spacial score (nSPS) is 12.6. The molecule has 1 N–H and O–H groups in total. The van der Waals surface area contributed by atoms with E-state index in [0.717, 1.165) is 12.8 Å². The molecular weight excluding hydrogens is 274 g/mol. The van der Waals surface area contributed by atoms with Crippen LogP contribution < -0.4 is 14.8 Å².